The first-order valence-electron chi connectivity index (χ1n) is 2.58. The van der Waals surface area contributed by atoms with Gasteiger partial charge in [-0.15, -0.1) is 0 Å². The van der Waals surface area contributed by atoms with Crippen LogP contribution < -0.4 is 0 Å². The largest absolute Gasteiger partial charge is 2.00 e. The molecule has 0 saturated carbocycles. The Balaban J connectivity index is -0.000000167. The molecule has 6 N–H and O–H groups in total. The van der Waals surface area contributed by atoms with Crippen LogP contribution in [0.4, 0.5) is 0 Å². The first kappa shape index (κ1) is 24.2. The Bertz CT molecular complexity index is 203. The van der Waals surface area contributed by atoms with Crippen LogP contribution in [0.5, 0.6) is 0 Å². The van der Waals surface area contributed by atoms with E-state index in [1.807, 2.05) is 0 Å². The van der Waals surface area contributed by atoms with Crippen LogP contribution in [-0.2, 0) is 39.2 Å². The van der Waals surface area contributed by atoms with E-state index >= 15 is 0 Å². The minimum absolute atomic E-state index is 0. The van der Waals surface area contributed by atoms with Gasteiger partial charge in [-0.05, 0) is 0 Å². The second-order valence-corrected chi connectivity index (χ2v) is 6.19. The van der Waals surface area contributed by atoms with E-state index in [9.17, 15) is 9.13 Å². The first-order chi connectivity index (χ1) is 4.83. The van der Waals surface area contributed by atoms with Gasteiger partial charge in [-0.1, -0.05) is 0 Å². The van der Waals surface area contributed by atoms with Crippen LogP contribution in [-0.4, -0.2) is 29.9 Å². The van der Waals surface area contributed by atoms with Crippen LogP contribution in [0, 0.1) is 0 Å². The molecule has 0 heterocycles. The Morgan fingerprint density at radius 1 is 1.00 bits per heavy atom. The van der Waals surface area contributed by atoms with E-state index in [1.54, 1.807) is 0 Å². The summed E-state index contributed by atoms with van der Waals surface area (Å²) in [5.41, 5.74) is 0. The second kappa shape index (κ2) is 9.16. The van der Waals surface area contributed by atoms with E-state index < -0.39 is 21.1 Å². The summed E-state index contributed by atoms with van der Waals surface area (Å²) >= 11 is 0. The molecule has 92 valence electrons. The van der Waals surface area contributed by atoms with Crippen LogP contribution in [0.15, 0.2) is 0 Å². The summed E-state index contributed by atoms with van der Waals surface area (Å²) in [5, 5.41) is 0. The number of hydrogen-bond donors (Lipinski definition) is 2. The molecule has 0 aromatic carbocycles. The third-order valence-corrected chi connectivity index (χ3v) is 4.93. The monoisotopic (exact) mass is 431 g/mol. The minimum Gasteiger partial charge on any atom is -0.693 e. The zero-order chi connectivity index (χ0) is 9.12. The molecule has 0 aromatic rings. The van der Waals surface area contributed by atoms with Gasteiger partial charge in [0.25, 0.3) is 0 Å². The van der Waals surface area contributed by atoms with Gasteiger partial charge in [0, 0.05) is 14.2 Å². The fourth-order valence-corrected chi connectivity index (χ4v) is 3.07. The summed E-state index contributed by atoms with van der Waals surface area (Å²) in [5.74, 6) is -0.882. The van der Waals surface area contributed by atoms with Gasteiger partial charge in [-0.2, -0.15) is 0 Å². The van der Waals surface area contributed by atoms with Gasteiger partial charge in [0.1, 0.15) is 0 Å². The molecule has 0 aliphatic heterocycles. The normalized spacial score (nSPS) is 17.4. The molecule has 0 fully saturated rings. The average Bonchev–Trinajstić information content (AvgIpc) is 1.86. The number of rotatable bonds is 4. The van der Waals surface area contributed by atoms with Crippen LogP contribution in [0.25, 0.3) is 12.3 Å². The zero-order valence-corrected chi connectivity index (χ0v) is 11.7. The molecule has 2 atom stereocenters. The molecule has 0 radical (unpaired) electrons. The van der Waals surface area contributed by atoms with Gasteiger partial charge in [0.15, 0.2) is 5.90 Å². The summed E-state index contributed by atoms with van der Waals surface area (Å²) in [7, 11) is -5.93. The Hall–Kier alpha value is 0.908. The van der Waals surface area contributed by atoms with Crippen molar-refractivity contribution in [2.75, 3.05) is 20.1 Å². The molecule has 0 rings (SSSR count). The maximum absolute atomic E-state index is 10.7. The van der Waals surface area contributed by atoms with Crippen molar-refractivity contribution < 1.29 is 49.0 Å². The molecule has 0 saturated heterocycles. The molecule has 11 heteroatoms. The second-order valence-electron chi connectivity index (χ2n) is 1.78. The fraction of sp³-hybridized carbons (Fsp3) is 1.00. The predicted molar refractivity (Wildman–Crippen MR) is 49.1 cm³/mol. The maximum Gasteiger partial charge on any atom is 2.00 e. The van der Waals surface area contributed by atoms with Gasteiger partial charge in [-0.3, -0.25) is 9.13 Å². The van der Waals surface area contributed by atoms with E-state index in [0.29, 0.717) is 0 Å². The molecule has 14 heavy (non-hydrogen) atoms. The predicted octanol–water partition coefficient (Wildman–Crippen LogP) is 2.04. The molecular weight excluding hydrogens is 417 g/mol. The van der Waals surface area contributed by atoms with Crippen molar-refractivity contribution >= 4 is 15.2 Å². The van der Waals surface area contributed by atoms with Gasteiger partial charge in [0.05, 0.1) is 0 Å². The third kappa shape index (κ3) is 11.0. The standard InChI is InChI=1S/C3H10O6P2.2H2N.Pt/c1-8-10(4,5)3-11(6,7)9-2;;;/h3H2,1-2H3,(H,4,5)(H,6,7);2*1H2;/q;2*-1;+2. The van der Waals surface area contributed by atoms with Gasteiger partial charge in [-0.25, -0.2) is 0 Å². The fourth-order valence-electron chi connectivity index (χ4n) is 0.341. The van der Waals surface area contributed by atoms with E-state index in [2.05, 4.69) is 9.05 Å². The zero-order valence-electron chi connectivity index (χ0n) is 7.60. The molecular formula is C3H14N2O6P2Pt. The summed E-state index contributed by atoms with van der Waals surface area (Å²) in [6.07, 6.45) is 0. The van der Waals surface area contributed by atoms with E-state index in [4.69, 9.17) is 9.79 Å². The third-order valence-electron chi connectivity index (χ3n) is 0.928. The van der Waals surface area contributed by atoms with Crippen LogP contribution in [0.2, 0.25) is 0 Å². The van der Waals surface area contributed by atoms with Crippen molar-refractivity contribution in [3.05, 3.63) is 12.3 Å². The molecule has 0 aliphatic rings. The Morgan fingerprint density at radius 3 is 1.36 bits per heavy atom. The van der Waals surface area contributed by atoms with Crippen LogP contribution in [0.3, 0.4) is 0 Å². The topological polar surface area (TPSA) is 160 Å². The van der Waals surface area contributed by atoms with Crippen molar-refractivity contribution in [1.29, 1.82) is 0 Å². The minimum atomic E-state index is -3.95. The number of hydrogen-bond acceptors (Lipinski definition) is 4. The SMILES string of the molecule is COP(=O)(O)CP(=O)(O)OC.[NH2-].[NH2-].[Pt+2]. The van der Waals surface area contributed by atoms with Crippen molar-refractivity contribution in [2.24, 2.45) is 0 Å². The van der Waals surface area contributed by atoms with E-state index in [0.717, 1.165) is 14.2 Å². The van der Waals surface area contributed by atoms with Crippen LogP contribution >= 0.6 is 15.2 Å². The summed E-state index contributed by atoms with van der Waals surface area (Å²) in [6.45, 7) is 0. The summed E-state index contributed by atoms with van der Waals surface area (Å²) in [6, 6.07) is 0. The molecule has 0 bridgehead atoms. The molecule has 8 nitrogen and oxygen atoms in total. The van der Waals surface area contributed by atoms with Gasteiger partial charge < -0.3 is 31.1 Å². The van der Waals surface area contributed by atoms with Gasteiger partial charge in [0.2, 0.25) is 0 Å². The summed E-state index contributed by atoms with van der Waals surface area (Å²) < 4.78 is 29.5. The molecule has 0 aliphatic carbocycles. The Labute approximate surface area is 96.9 Å². The van der Waals surface area contributed by atoms with Crippen molar-refractivity contribution in [3.8, 4) is 0 Å². The Morgan fingerprint density at radius 2 is 1.21 bits per heavy atom. The van der Waals surface area contributed by atoms with E-state index in [1.165, 1.54) is 0 Å². The smallest absolute Gasteiger partial charge is 0.693 e. The van der Waals surface area contributed by atoms with E-state index in [-0.39, 0.29) is 33.4 Å². The quantitative estimate of drug-likeness (QED) is 0.648. The Kier molecular flexibility index (Phi) is 15.9. The first-order valence-corrected chi connectivity index (χ1v) is 6.10. The molecule has 0 amide bonds. The molecule has 0 spiro atoms. The van der Waals surface area contributed by atoms with Crippen LogP contribution in [0.1, 0.15) is 0 Å². The number of nitrogens with two attached hydrogens (primary N) is 2. The van der Waals surface area contributed by atoms with Gasteiger partial charge >= 0.3 is 36.3 Å². The average molecular weight is 431 g/mol. The van der Waals surface area contributed by atoms with Crippen molar-refractivity contribution in [3.63, 3.8) is 0 Å². The van der Waals surface area contributed by atoms with Crippen molar-refractivity contribution in [2.45, 2.75) is 0 Å². The molecule has 0 aromatic heterocycles. The maximum atomic E-state index is 10.7. The summed E-state index contributed by atoms with van der Waals surface area (Å²) in [4.78, 5) is 17.4. The van der Waals surface area contributed by atoms with Crippen molar-refractivity contribution in [1.82, 2.24) is 0 Å². The molecule has 2 unspecified atom stereocenters.